The van der Waals surface area contributed by atoms with E-state index >= 15 is 0 Å². The van der Waals surface area contributed by atoms with Crippen molar-refractivity contribution in [1.82, 2.24) is 10.3 Å². The molecule has 0 aliphatic rings. The molecule has 2 rings (SSSR count). The topological polar surface area (TPSA) is 97.8 Å². The Morgan fingerprint density at radius 1 is 1.16 bits per heavy atom. The van der Waals surface area contributed by atoms with Gasteiger partial charge < -0.3 is 19.9 Å². The van der Waals surface area contributed by atoms with E-state index in [1.54, 1.807) is 43.5 Å². The van der Waals surface area contributed by atoms with E-state index in [2.05, 4.69) is 10.3 Å². The maximum Gasteiger partial charge on any atom is 0.337 e. The number of aliphatic hydroxyl groups excluding tert-OH is 1. The number of ether oxygens (including phenoxy) is 2. The molecule has 0 radical (unpaired) electrons. The molecule has 0 saturated heterocycles. The van der Waals surface area contributed by atoms with Crippen LogP contribution < -0.4 is 10.1 Å². The number of hydrogen-bond acceptors (Lipinski definition) is 6. The lowest BCUT2D eigenvalue weighted by Gasteiger charge is -2.15. The molecule has 0 spiro atoms. The number of rotatable bonds is 8. The van der Waals surface area contributed by atoms with Crippen LogP contribution in [0.1, 0.15) is 12.5 Å². The Balaban J connectivity index is 1.71. The molecule has 1 heterocycles. The molecular formula is C18H20N2O5. The number of aromatic nitrogens is 1. The van der Waals surface area contributed by atoms with Crippen molar-refractivity contribution >= 4 is 11.9 Å². The molecule has 25 heavy (non-hydrogen) atoms. The third-order valence-corrected chi connectivity index (χ3v) is 3.27. The van der Waals surface area contributed by atoms with Gasteiger partial charge in [-0.25, -0.2) is 9.78 Å². The molecule has 132 valence electrons. The fraction of sp³-hybridized carbons (Fsp3) is 0.278. The van der Waals surface area contributed by atoms with Crippen LogP contribution in [-0.4, -0.2) is 40.7 Å². The molecular weight excluding hydrogens is 324 g/mol. The minimum atomic E-state index is -1.45. The highest BCUT2D eigenvalue weighted by atomic mass is 16.5. The number of hydrogen-bond donors (Lipinski definition) is 2. The average Bonchev–Trinajstić information content (AvgIpc) is 2.65. The van der Waals surface area contributed by atoms with E-state index in [0.717, 1.165) is 5.56 Å². The maximum atomic E-state index is 11.9. The fourth-order valence-electron chi connectivity index (χ4n) is 1.90. The number of aliphatic hydroxyl groups is 1. The van der Waals surface area contributed by atoms with Gasteiger partial charge in [-0.05, 0) is 18.6 Å². The average molecular weight is 344 g/mol. The Morgan fingerprint density at radius 3 is 2.56 bits per heavy atom. The zero-order chi connectivity index (χ0) is 18.1. The number of carbonyl (C=O) groups is 2. The van der Waals surface area contributed by atoms with Gasteiger partial charge in [0.15, 0.2) is 12.2 Å². The molecule has 7 heteroatoms. The molecule has 1 aromatic carbocycles. The minimum absolute atomic E-state index is 0.0594. The molecule has 7 nitrogen and oxygen atoms in total. The molecule has 0 fully saturated rings. The van der Waals surface area contributed by atoms with Gasteiger partial charge in [-0.1, -0.05) is 36.4 Å². The quantitative estimate of drug-likeness (QED) is 0.695. The van der Waals surface area contributed by atoms with Gasteiger partial charge in [0.05, 0.1) is 6.54 Å². The number of nitrogens with one attached hydrogen (secondary N) is 1. The number of esters is 1. The molecule has 0 aliphatic heterocycles. The van der Waals surface area contributed by atoms with E-state index in [9.17, 15) is 14.7 Å². The molecule has 0 saturated carbocycles. The summed E-state index contributed by atoms with van der Waals surface area (Å²) >= 11 is 0. The van der Waals surface area contributed by atoms with Crippen molar-refractivity contribution in [3.63, 3.8) is 0 Å². The lowest BCUT2D eigenvalue weighted by atomic mass is 10.2. The Kier molecular flexibility index (Phi) is 6.91. The van der Waals surface area contributed by atoms with Gasteiger partial charge in [0.25, 0.3) is 5.91 Å². The number of benzene rings is 1. The third kappa shape index (κ3) is 6.23. The highest BCUT2D eigenvalue weighted by Gasteiger charge is 2.20. The molecule has 2 unspecified atom stereocenters. The highest BCUT2D eigenvalue weighted by Crippen LogP contribution is 2.06. The predicted octanol–water partition coefficient (Wildman–Crippen LogP) is 1.07. The van der Waals surface area contributed by atoms with Gasteiger partial charge in [-0.2, -0.15) is 0 Å². The van der Waals surface area contributed by atoms with Crippen molar-refractivity contribution in [2.24, 2.45) is 0 Å². The molecule has 0 aliphatic carbocycles. The van der Waals surface area contributed by atoms with Crippen molar-refractivity contribution in [2.75, 3.05) is 6.54 Å². The highest BCUT2D eigenvalue weighted by molar-refractivity contribution is 5.82. The summed E-state index contributed by atoms with van der Waals surface area (Å²) in [6.07, 6.45) is -0.718. The van der Waals surface area contributed by atoms with Crippen molar-refractivity contribution in [3.05, 3.63) is 60.3 Å². The van der Waals surface area contributed by atoms with Crippen molar-refractivity contribution < 1.29 is 24.2 Å². The summed E-state index contributed by atoms with van der Waals surface area (Å²) in [5, 5.41) is 12.2. The molecule has 1 amide bonds. The summed E-state index contributed by atoms with van der Waals surface area (Å²) in [7, 11) is 0. The first-order valence-corrected chi connectivity index (χ1v) is 7.80. The van der Waals surface area contributed by atoms with Gasteiger partial charge in [0, 0.05) is 12.3 Å². The Morgan fingerprint density at radius 2 is 1.88 bits per heavy atom. The zero-order valence-corrected chi connectivity index (χ0v) is 13.8. The standard InChI is InChI=1S/C18H20N2O5/c1-13(25-16-9-5-6-10-19-16)17(22)20-11-15(21)18(23)24-12-14-7-3-2-4-8-14/h2-10,13,15,21H,11-12H2,1H3,(H,20,22). The third-order valence-electron chi connectivity index (χ3n) is 3.27. The van der Waals surface area contributed by atoms with E-state index in [-0.39, 0.29) is 13.2 Å². The summed E-state index contributed by atoms with van der Waals surface area (Å²) in [4.78, 5) is 27.6. The summed E-state index contributed by atoms with van der Waals surface area (Å²) in [6.45, 7) is 1.34. The first-order valence-electron chi connectivity index (χ1n) is 7.80. The first kappa shape index (κ1) is 18.4. The van der Waals surface area contributed by atoms with Crippen LogP contribution in [0.3, 0.4) is 0 Å². The van der Waals surface area contributed by atoms with Gasteiger partial charge in [0.1, 0.15) is 6.61 Å². The smallest absolute Gasteiger partial charge is 0.337 e. The Hall–Kier alpha value is -2.93. The number of pyridine rings is 1. The van der Waals surface area contributed by atoms with Crippen LogP contribution in [0.2, 0.25) is 0 Å². The second kappa shape index (κ2) is 9.39. The van der Waals surface area contributed by atoms with Crippen LogP contribution in [0.5, 0.6) is 5.88 Å². The second-order valence-corrected chi connectivity index (χ2v) is 5.28. The van der Waals surface area contributed by atoms with E-state index in [1.807, 2.05) is 18.2 Å². The van der Waals surface area contributed by atoms with Crippen LogP contribution in [-0.2, 0) is 20.9 Å². The van der Waals surface area contributed by atoms with Gasteiger partial charge >= 0.3 is 5.97 Å². The fourth-order valence-corrected chi connectivity index (χ4v) is 1.90. The minimum Gasteiger partial charge on any atom is -0.465 e. The van der Waals surface area contributed by atoms with Gasteiger partial charge in [-0.15, -0.1) is 0 Å². The molecule has 0 bridgehead atoms. The number of nitrogens with zero attached hydrogens (tertiary/aromatic N) is 1. The predicted molar refractivity (Wildman–Crippen MR) is 89.6 cm³/mol. The second-order valence-electron chi connectivity index (χ2n) is 5.28. The normalized spacial score (nSPS) is 12.7. The monoisotopic (exact) mass is 344 g/mol. The SMILES string of the molecule is CC(Oc1ccccn1)C(=O)NCC(O)C(=O)OCc1ccccc1. The van der Waals surface area contributed by atoms with E-state index < -0.39 is 24.1 Å². The largest absolute Gasteiger partial charge is 0.465 e. The van der Waals surface area contributed by atoms with Crippen LogP contribution in [0, 0.1) is 0 Å². The van der Waals surface area contributed by atoms with Crippen LogP contribution in [0.15, 0.2) is 54.7 Å². The van der Waals surface area contributed by atoms with Gasteiger partial charge in [0.2, 0.25) is 5.88 Å². The van der Waals surface area contributed by atoms with Crippen LogP contribution >= 0.6 is 0 Å². The van der Waals surface area contributed by atoms with E-state index in [4.69, 9.17) is 9.47 Å². The van der Waals surface area contributed by atoms with Crippen molar-refractivity contribution in [1.29, 1.82) is 0 Å². The molecule has 2 N–H and O–H groups in total. The first-order chi connectivity index (χ1) is 12.1. The maximum absolute atomic E-state index is 11.9. The lowest BCUT2D eigenvalue weighted by Crippen LogP contribution is -2.42. The number of carbonyl (C=O) groups excluding carboxylic acids is 2. The summed E-state index contributed by atoms with van der Waals surface area (Å²) in [6, 6.07) is 14.2. The molecule has 1 aromatic heterocycles. The Labute approximate surface area is 145 Å². The van der Waals surface area contributed by atoms with E-state index in [0.29, 0.717) is 5.88 Å². The zero-order valence-electron chi connectivity index (χ0n) is 13.8. The summed E-state index contributed by atoms with van der Waals surface area (Å²) in [5.74, 6) is -0.962. The summed E-state index contributed by atoms with van der Waals surface area (Å²) < 4.78 is 10.4. The lowest BCUT2D eigenvalue weighted by molar-refractivity contribution is -0.154. The van der Waals surface area contributed by atoms with E-state index in [1.165, 1.54) is 0 Å². The Bertz CT molecular complexity index is 678. The molecule has 2 aromatic rings. The van der Waals surface area contributed by atoms with Crippen LogP contribution in [0.4, 0.5) is 0 Å². The summed E-state index contributed by atoms with van der Waals surface area (Å²) in [5.41, 5.74) is 0.810. The molecule has 2 atom stereocenters. The van der Waals surface area contributed by atoms with Crippen molar-refractivity contribution in [3.8, 4) is 5.88 Å². The van der Waals surface area contributed by atoms with Crippen LogP contribution in [0.25, 0.3) is 0 Å². The van der Waals surface area contributed by atoms with Crippen molar-refractivity contribution in [2.45, 2.75) is 25.7 Å². The number of amides is 1. The van der Waals surface area contributed by atoms with Gasteiger partial charge in [-0.3, -0.25) is 4.79 Å².